The van der Waals surface area contributed by atoms with Crippen LogP contribution in [-0.2, 0) is 14.4 Å². The highest BCUT2D eigenvalue weighted by Crippen LogP contribution is 1.89. The zero-order valence-corrected chi connectivity index (χ0v) is 14.2. The summed E-state index contributed by atoms with van der Waals surface area (Å²) in [5, 5.41) is 0. The van der Waals surface area contributed by atoms with Crippen LogP contribution in [0.25, 0.3) is 0 Å². The summed E-state index contributed by atoms with van der Waals surface area (Å²) in [5.74, 6) is 0.442. The van der Waals surface area contributed by atoms with Crippen LogP contribution in [0.1, 0.15) is 61.3 Å². The monoisotopic (exact) mass is 287 g/mol. The Morgan fingerprint density at radius 1 is 1.20 bits per heavy atom. The van der Waals surface area contributed by atoms with Crippen molar-refractivity contribution >= 4 is 17.9 Å². The van der Waals surface area contributed by atoms with Gasteiger partial charge < -0.3 is 10.5 Å². The molecule has 20 heavy (non-hydrogen) atoms. The van der Waals surface area contributed by atoms with E-state index in [9.17, 15) is 9.59 Å². The number of nitrogens with two attached hydrogens (primary N) is 1. The fraction of sp³-hybridized carbons (Fsp3) is 0.688. The van der Waals surface area contributed by atoms with Crippen molar-refractivity contribution in [3.05, 3.63) is 12.2 Å². The number of allylic oxidation sites excluding steroid dienone is 2. The summed E-state index contributed by atoms with van der Waals surface area (Å²) >= 11 is 0. The van der Waals surface area contributed by atoms with Crippen molar-refractivity contribution in [1.82, 2.24) is 0 Å². The van der Waals surface area contributed by atoms with Crippen molar-refractivity contribution in [2.75, 3.05) is 6.54 Å². The van der Waals surface area contributed by atoms with Gasteiger partial charge in [-0.1, -0.05) is 33.8 Å². The number of Topliss-reactive ketones (excluding diaryl/α,β-unsaturated/α-hetero) is 1. The molecule has 0 fully saturated rings. The molecule has 0 aliphatic heterocycles. The summed E-state index contributed by atoms with van der Waals surface area (Å²) < 4.78 is 0. The number of aldehydes is 1. The highest BCUT2D eigenvalue weighted by Gasteiger charge is 2.01. The lowest BCUT2D eigenvalue weighted by Crippen LogP contribution is -2.17. The van der Waals surface area contributed by atoms with Crippen molar-refractivity contribution in [2.24, 2.45) is 11.7 Å². The molecule has 0 bridgehead atoms. The predicted octanol–water partition coefficient (Wildman–Crippen LogP) is 3.33. The minimum atomic E-state index is 0.0417. The maximum atomic E-state index is 10.6. The second kappa shape index (κ2) is 26.3. The molecule has 0 rings (SSSR count). The minimum Gasteiger partial charge on any atom is -0.330 e. The molecule has 0 aromatic rings. The van der Waals surface area contributed by atoms with E-state index in [2.05, 4.69) is 0 Å². The minimum absolute atomic E-state index is 0.0417. The predicted molar refractivity (Wildman–Crippen MR) is 86.7 cm³/mol. The fourth-order valence-corrected chi connectivity index (χ4v) is 0.682. The average molecular weight is 287 g/mol. The van der Waals surface area contributed by atoms with Crippen LogP contribution in [0, 0.1) is 5.92 Å². The molecule has 2 N–H and O–H groups in total. The number of carbonyl (C=O) groups is 3. The third-order valence-corrected chi connectivity index (χ3v) is 1.90. The fourth-order valence-electron chi connectivity index (χ4n) is 0.682. The van der Waals surface area contributed by atoms with E-state index < -0.39 is 0 Å². The molecule has 4 nitrogen and oxygen atoms in total. The topological polar surface area (TPSA) is 77.2 Å². The molecule has 0 aromatic heterocycles. The average Bonchev–Trinajstić information content (AvgIpc) is 2.42. The molecule has 0 aliphatic rings. The summed E-state index contributed by atoms with van der Waals surface area (Å²) in [6.07, 6.45) is 5.77. The summed E-state index contributed by atoms with van der Waals surface area (Å²) in [5.41, 5.74) is 5.15. The van der Waals surface area contributed by atoms with E-state index in [4.69, 9.17) is 10.5 Å². The van der Waals surface area contributed by atoms with Crippen LogP contribution in [0.4, 0.5) is 0 Å². The van der Waals surface area contributed by atoms with E-state index in [0.717, 1.165) is 12.7 Å². The summed E-state index contributed by atoms with van der Waals surface area (Å²) in [6.45, 7) is 13.1. The quantitative estimate of drug-likeness (QED) is 0.621. The van der Waals surface area contributed by atoms with Crippen LogP contribution in [0.5, 0.6) is 0 Å². The lowest BCUT2D eigenvalue weighted by molar-refractivity contribution is -0.120. The molecule has 0 heterocycles. The van der Waals surface area contributed by atoms with Crippen LogP contribution in [0.3, 0.4) is 0 Å². The lowest BCUT2D eigenvalue weighted by Gasteiger charge is -1.98. The van der Waals surface area contributed by atoms with Crippen LogP contribution >= 0.6 is 0 Å². The van der Waals surface area contributed by atoms with Gasteiger partial charge in [0.15, 0.2) is 5.78 Å². The standard InChI is InChI=1S/C7H12O.C5H11NO.C2H4O.C2H6/c1-3-5-7(8)6-4-2;1-4(3-6)5(2)7;1-2-3;1-2/h3,5H,4,6H2,1-2H3;4H,3,6H2,1-2H3;2H,1H3;1-2H3/b5-3-;;;. The van der Waals surface area contributed by atoms with Gasteiger partial charge in [0.2, 0.25) is 0 Å². The van der Waals surface area contributed by atoms with E-state index in [0.29, 0.717) is 13.0 Å². The molecule has 1 unspecified atom stereocenters. The van der Waals surface area contributed by atoms with Gasteiger partial charge >= 0.3 is 0 Å². The molecular formula is C16H33NO3. The molecule has 0 radical (unpaired) electrons. The van der Waals surface area contributed by atoms with E-state index in [1.165, 1.54) is 6.92 Å². The molecule has 0 spiro atoms. The number of hydrogen-bond acceptors (Lipinski definition) is 4. The molecule has 1 atom stereocenters. The van der Waals surface area contributed by atoms with Gasteiger partial charge in [-0.05, 0) is 33.3 Å². The highest BCUT2D eigenvalue weighted by atomic mass is 16.1. The normalized spacial score (nSPS) is 9.80. The first-order valence-corrected chi connectivity index (χ1v) is 7.16. The van der Waals surface area contributed by atoms with Crippen molar-refractivity contribution in [3.8, 4) is 0 Å². The molecule has 0 saturated carbocycles. The van der Waals surface area contributed by atoms with Gasteiger partial charge in [-0.15, -0.1) is 0 Å². The Morgan fingerprint density at radius 2 is 1.60 bits per heavy atom. The molecular weight excluding hydrogens is 254 g/mol. The Hall–Kier alpha value is -1.29. The van der Waals surface area contributed by atoms with E-state index in [1.54, 1.807) is 19.1 Å². The molecule has 0 aliphatic carbocycles. The van der Waals surface area contributed by atoms with E-state index in [1.807, 2.05) is 34.6 Å². The van der Waals surface area contributed by atoms with Gasteiger partial charge in [0, 0.05) is 18.9 Å². The van der Waals surface area contributed by atoms with Gasteiger partial charge in [-0.25, -0.2) is 0 Å². The van der Waals surface area contributed by atoms with Gasteiger partial charge in [0.25, 0.3) is 0 Å². The van der Waals surface area contributed by atoms with Crippen molar-refractivity contribution in [2.45, 2.75) is 61.3 Å². The third kappa shape index (κ3) is 36.0. The molecule has 0 aromatic carbocycles. The molecule has 4 heteroatoms. The van der Waals surface area contributed by atoms with Crippen molar-refractivity contribution in [3.63, 3.8) is 0 Å². The Morgan fingerprint density at radius 3 is 1.75 bits per heavy atom. The van der Waals surface area contributed by atoms with Crippen molar-refractivity contribution < 1.29 is 14.4 Å². The first-order chi connectivity index (χ1) is 9.40. The highest BCUT2D eigenvalue weighted by molar-refractivity contribution is 5.89. The van der Waals surface area contributed by atoms with Crippen LogP contribution in [0.15, 0.2) is 12.2 Å². The Bertz CT molecular complexity index is 248. The van der Waals surface area contributed by atoms with Gasteiger partial charge in [0.05, 0.1) is 0 Å². The largest absolute Gasteiger partial charge is 0.330 e. The molecule has 0 saturated heterocycles. The number of rotatable bonds is 5. The second-order valence-corrected chi connectivity index (χ2v) is 3.70. The zero-order valence-electron chi connectivity index (χ0n) is 14.2. The van der Waals surface area contributed by atoms with Crippen LogP contribution in [-0.4, -0.2) is 24.4 Å². The number of ketones is 2. The Balaban J connectivity index is -0.0000000974. The third-order valence-electron chi connectivity index (χ3n) is 1.90. The van der Waals surface area contributed by atoms with E-state index >= 15 is 0 Å². The first-order valence-electron chi connectivity index (χ1n) is 7.16. The zero-order chi connectivity index (χ0) is 17.0. The van der Waals surface area contributed by atoms with E-state index in [-0.39, 0.29) is 17.5 Å². The summed E-state index contributed by atoms with van der Waals surface area (Å²) in [6, 6.07) is 0. The van der Waals surface area contributed by atoms with Crippen molar-refractivity contribution in [1.29, 1.82) is 0 Å². The lowest BCUT2D eigenvalue weighted by atomic mass is 10.1. The van der Waals surface area contributed by atoms with Crippen LogP contribution in [0.2, 0.25) is 0 Å². The molecule has 120 valence electrons. The summed E-state index contributed by atoms with van der Waals surface area (Å²) in [7, 11) is 0. The first kappa shape index (κ1) is 27.1. The maximum Gasteiger partial charge on any atom is 0.155 e. The van der Waals surface area contributed by atoms with Gasteiger partial charge in [0.1, 0.15) is 12.1 Å². The van der Waals surface area contributed by atoms with Crippen LogP contribution < -0.4 is 5.73 Å². The van der Waals surface area contributed by atoms with Gasteiger partial charge in [-0.3, -0.25) is 9.59 Å². The maximum absolute atomic E-state index is 10.6. The Labute approximate surface area is 124 Å². The Kier molecular flexibility index (Phi) is 35.7. The smallest absolute Gasteiger partial charge is 0.155 e. The number of carbonyl (C=O) groups excluding carboxylic acids is 3. The molecule has 0 amide bonds. The number of hydrogen-bond donors (Lipinski definition) is 1. The van der Waals surface area contributed by atoms with Gasteiger partial charge in [-0.2, -0.15) is 0 Å². The second-order valence-electron chi connectivity index (χ2n) is 3.70. The summed E-state index contributed by atoms with van der Waals surface area (Å²) in [4.78, 5) is 29.7. The SMILES string of the molecule is C/C=C\C(=O)CCC.CC.CC(=O)C(C)CN.CC=O.